The van der Waals surface area contributed by atoms with Gasteiger partial charge in [-0.15, -0.1) is 11.8 Å². The van der Waals surface area contributed by atoms with E-state index in [0.717, 1.165) is 17.8 Å². The Morgan fingerprint density at radius 3 is 2.57 bits per heavy atom. The molecule has 2 aromatic rings. The van der Waals surface area contributed by atoms with Crippen LogP contribution in [0.4, 0.5) is 15.9 Å². The Hall–Kier alpha value is -2.06. The zero-order chi connectivity index (χ0) is 16.8. The predicted octanol–water partition coefficient (Wildman–Crippen LogP) is 3.09. The lowest BCUT2D eigenvalue weighted by molar-refractivity contribution is -0.114. The summed E-state index contributed by atoms with van der Waals surface area (Å²) in [5.74, 6) is -0.212. The van der Waals surface area contributed by atoms with Crippen LogP contribution in [0.2, 0.25) is 5.02 Å². The first kappa shape index (κ1) is 17.3. The van der Waals surface area contributed by atoms with E-state index in [1.54, 1.807) is 13.0 Å². The molecule has 0 saturated heterocycles. The van der Waals surface area contributed by atoms with E-state index >= 15 is 0 Å². The molecule has 9 heteroatoms. The van der Waals surface area contributed by atoms with Crippen LogP contribution in [0, 0.1) is 12.7 Å². The molecular weight excluding hydrogens is 345 g/mol. The van der Waals surface area contributed by atoms with Gasteiger partial charge < -0.3 is 15.2 Å². The average Bonchev–Trinajstić information content (AvgIpc) is 2.88. The molecule has 0 atom stereocenters. The summed E-state index contributed by atoms with van der Waals surface area (Å²) in [6.45, 7) is 1.71. The number of carbonyl (C=O) groups is 2. The number of amides is 2. The van der Waals surface area contributed by atoms with Gasteiger partial charge in [0.2, 0.25) is 11.8 Å². The highest BCUT2D eigenvalue weighted by Gasteiger charge is 2.09. The van der Waals surface area contributed by atoms with Crippen molar-refractivity contribution in [1.82, 2.24) is 5.16 Å². The van der Waals surface area contributed by atoms with Gasteiger partial charge in [0, 0.05) is 11.8 Å². The summed E-state index contributed by atoms with van der Waals surface area (Å²) in [6.07, 6.45) is 0. The van der Waals surface area contributed by atoms with Gasteiger partial charge in [0.15, 0.2) is 5.82 Å². The molecule has 0 radical (unpaired) electrons. The Morgan fingerprint density at radius 2 is 1.96 bits per heavy atom. The highest BCUT2D eigenvalue weighted by Crippen LogP contribution is 2.18. The van der Waals surface area contributed by atoms with Crippen LogP contribution in [-0.2, 0) is 9.59 Å². The zero-order valence-corrected chi connectivity index (χ0v) is 13.6. The van der Waals surface area contributed by atoms with Crippen molar-refractivity contribution in [2.45, 2.75) is 6.92 Å². The molecule has 0 saturated carbocycles. The Balaban J connectivity index is 1.71. The standard InChI is InChI=1S/C14H13ClFN3O3S/c1-8-4-12(19-22-8)18-14(21)7-23-6-13(20)17-9-2-3-10(15)11(16)5-9/h2-5H,6-7H2,1H3,(H,17,20)(H,18,19,21). The molecule has 2 amide bonds. The Bertz CT molecular complexity index is 723. The van der Waals surface area contributed by atoms with Gasteiger partial charge in [-0.1, -0.05) is 16.8 Å². The van der Waals surface area contributed by atoms with E-state index in [-0.39, 0.29) is 28.3 Å². The second kappa shape index (κ2) is 7.98. The molecule has 0 aliphatic carbocycles. The number of thioether (sulfide) groups is 1. The Labute approximate surface area is 140 Å². The maximum atomic E-state index is 13.2. The third-order valence-electron chi connectivity index (χ3n) is 2.57. The van der Waals surface area contributed by atoms with Crippen molar-refractivity contribution >= 4 is 46.7 Å². The monoisotopic (exact) mass is 357 g/mol. The number of benzene rings is 1. The first-order chi connectivity index (χ1) is 10.9. The van der Waals surface area contributed by atoms with E-state index in [4.69, 9.17) is 16.1 Å². The summed E-state index contributed by atoms with van der Waals surface area (Å²) in [6, 6.07) is 5.56. The third kappa shape index (κ3) is 5.57. The number of carbonyl (C=O) groups excluding carboxylic acids is 2. The van der Waals surface area contributed by atoms with Gasteiger partial charge in [-0.2, -0.15) is 0 Å². The fourth-order valence-corrected chi connectivity index (χ4v) is 2.35. The molecule has 0 bridgehead atoms. The fraction of sp³-hybridized carbons (Fsp3) is 0.214. The summed E-state index contributed by atoms with van der Waals surface area (Å²) in [5.41, 5.74) is 0.306. The largest absolute Gasteiger partial charge is 0.360 e. The SMILES string of the molecule is Cc1cc(NC(=O)CSCC(=O)Nc2ccc(Cl)c(F)c2)no1. The van der Waals surface area contributed by atoms with Crippen molar-refractivity contribution in [3.8, 4) is 0 Å². The van der Waals surface area contributed by atoms with Crippen molar-refractivity contribution in [2.75, 3.05) is 22.1 Å². The lowest BCUT2D eigenvalue weighted by Crippen LogP contribution is -2.18. The summed E-state index contributed by atoms with van der Waals surface area (Å²) in [4.78, 5) is 23.3. The summed E-state index contributed by atoms with van der Waals surface area (Å²) in [5, 5.41) is 8.67. The number of aryl methyl sites for hydroxylation is 1. The summed E-state index contributed by atoms with van der Waals surface area (Å²) < 4.78 is 18.1. The molecule has 6 nitrogen and oxygen atoms in total. The second-order valence-electron chi connectivity index (χ2n) is 4.54. The molecular formula is C14H13ClFN3O3S. The smallest absolute Gasteiger partial charge is 0.235 e. The summed E-state index contributed by atoms with van der Waals surface area (Å²) in [7, 11) is 0. The highest BCUT2D eigenvalue weighted by atomic mass is 35.5. The number of hydrogen-bond acceptors (Lipinski definition) is 5. The fourth-order valence-electron chi connectivity index (χ4n) is 1.61. The molecule has 122 valence electrons. The molecule has 0 unspecified atom stereocenters. The van der Waals surface area contributed by atoms with Gasteiger partial charge in [-0.3, -0.25) is 9.59 Å². The van der Waals surface area contributed by atoms with Gasteiger partial charge in [0.05, 0.1) is 16.5 Å². The van der Waals surface area contributed by atoms with Crippen LogP contribution in [0.5, 0.6) is 0 Å². The van der Waals surface area contributed by atoms with E-state index in [1.165, 1.54) is 12.1 Å². The van der Waals surface area contributed by atoms with E-state index in [9.17, 15) is 14.0 Å². The van der Waals surface area contributed by atoms with Gasteiger partial charge in [-0.05, 0) is 25.1 Å². The predicted molar refractivity (Wildman–Crippen MR) is 87.2 cm³/mol. The second-order valence-corrected chi connectivity index (χ2v) is 5.93. The van der Waals surface area contributed by atoms with E-state index in [2.05, 4.69) is 15.8 Å². The van der Waals surface area contributed by atoms with Crippen LogP contribution in [0.1, 0.15) is 5.76 Å². The molecule has 23 heavy (non-hydrogen) atoms. The minimum absolute atomic E-state index is 0.0165. The van der Waals surface area contributed by atoms with Crippen molar-refractivity contribution in [2.24, 2.45) is 0 Å². The minimum Gasteiger partial charge on any atom is -0.360 e. The lowest BCUT2D eigenvalue weighted by atomic mass is 10.3. The Kier molecular flexibility index (Phi) is 6.00. The molecule has 2 rings (SSSR count). The average molecular weight is 358 g/mol. The first-order valence-corrected chi connectivity index (χ1v) is 8.03. The molecule has 2 N–H and O–H groups in total. The maximum absolute atomic E-state index is 13.2. The molecule has 0 fully saturated rings. The number of aromatic nitrogens is 1. The molecule has 1 aromatic heterocycles. The van der Waals surface area contributed by atoms with Gasteiger partial charge in [-0.25, -0.2) is 4.39 Å². The quantitative estimate of drug-likeness (QED) is 0.830. The lowest BCUT2D eigenvalue weighted by Gasteiger charge is -2.06. The van der Waals surface area contributed by atoms with Crippen molar-refractivity contribution in [3.63, 3.8) is 0 Å². The van der Waals surface area contributed by atoms with Crippen molar-refractivity contribution in [1.29, 1.82) is 0 Å². The molecule has 1 aromatic carbocycles. The van der Waals surface area contributed by atoms with Crippen LogP contribution >= 0.6 is 23.4 Å². The highest BCUT2D eigenvalue weighted by molar-refractivity contribution is 8.00. The maximum Gasteiger partial charge on any atom is 0.235 e. The van der Waals surface area contributed by atoms with Crippen LogP contribution in [0.25, 0.3) is 0 Å². The number of nitrogens with zero attached hydrogens (tertiary/aromatic N) is 1. The molecule has 0 spiro atoms. The number of nitrogens with one attached hydrogen (secondary N) is 2. The normalized spacial score (nSPS) is 10.4. The first-order valence-electron chi connectivity index (χ1n) is 6.50. The molecule has 0 aliphatic heterocycles. The van der Waals surface area contributed by atoms with E-state index in [0.29, 0.717) is 17.3 Å². The topological polar surface area (TPSA) is 84.2 Å². The summed E-state index contributed by atoms with van der Waals surface area (Å²) >= 11 is 6.68. The van der Waals surface area contributed by atoms with E-state index in [1.807, 2.05) is 0 Å². The van der Waals surface area contributed by atoms with Crippen molar-refractivity contribution < 1.29 is 18.5 Å². The van der Waals surface area contributed by atoms with E-state index < -0.39 is 5.82 Å². The third-order valence-corrected chi connectivity index (χ3v) is 3.80. The van der Waals surface area contributed by atoms with Crippen LogP contribution in [-0.4, -0.2) is 28.5 Å². The van der Waals surface area contributed by atoms with Gasteiger partial charge >= 0.3 is 0 Å². The number of halogens is 2. The minimum atomic E-state index is -0.612. The zero-order valence-electron chi connectivity index (χ0n) is 12.1. The number of rotatable bonds is 6. The van der Waals surface area contributed by atoms with Crippen LogP contribution in [0.3, 0.4) is 0 Å². The van der Waals surface area contributed by atoms with Crippen LogP contribution in [0.15, 0.2) is 28.8 Å². The molecule has 0 aliphatic rings. The van der Waals surface area contributed by atoms with Gasteiger partial charge in [0.1, 0.15) is 11.6 Å². The van der Waals surface area contributed by atoms with Crippen molar-refractivity contribution in [3.05, 3.63) is 40.9 Å². The molecule has 1 heterocycles. The number of hydrogen-bond donors (Lipinski definition) is 2. The van der Waals surface area contributed by atoms with Crippen LogP contribution < -0.4 is 10.6 Å². The van der Waals surface area contributed by atoms with Gasteiger partial charge in [0.25, 0.3) is 0 Å². The Morgan fingerprint density at radius 1 is 1.26 bits per heavy atom. The number of anilines is 2.